The molecule has 7 heteroatoms. The van der Waals surface area contributed by atoms with Crippen LogP contribution >= 0.6 is 12.4 Å². The lowest BCUT2D eigenvalue weighted by Crippen LogP contribution is -2.36. The van der Waals surface area contributed by atoms with Crippen LogP contribution in [0, 0.1) is 23.4 Å². The number of nitrogens with zero attached hydrogens (tertiary/aromatic N) is 1. The number of fused-ring (bicyclic) bond motifs is 1. The summed E-state index contributed by atoms with van der Waals surface area (Å²) in [5, 5.41) is 3.43. The second kappa shape index (κ2) is 8.53. The van der Waals surface area contributed by atoms with E-state index in [4.69, 9.17) is 0 Å². The molecule has 0 spiro atoms. The molecule has 1 fully saturated rings. The van der Waals surface area contributed by atoms with Crippen molar-refractivity contribution in [2.45, 2.75) is 25.8 Å². The van der Waals surface area contributed by atoms with Crippen molar-refractivity contribution in [1.29, 1.82) is 0 Å². The maximum Gasteiger partial charge on any atom is 0.171 e. The quantitative estimate of drug-likeness (QED) is 0.748. The first-order chi connectivity index (χ1) is 13.0. The highest BCUT2D eigenvalue weighted by Gasteiger charge is 2.30. The molecule has 3 nitrogen and oxygen atoms in total. The van der Waals surface area contributed by atoms with Crippen LogP contribution in [0.25, 0.3) is 0 Å². The fourth-order valence-corrected chi connectivity index (χ4v) is 4.12. The van der Waals surface area contributed by atoms with Gasteiger partial charge in [0.2, 0.25) is 0 Å². The van der Waals surface area contributed by atoms with Gasteiger partial charge in [-0.2, -0.15) is 0 Å². The molecule has 0 amide bonds. The van der Waals surface area contributed by atoms with Crippen molar-refractivity contribution >= 4 is 23.9 Å². The van der Waals surface area contributed by atoms with Crippen LogP contribution in [-0.4, -0.2) is 30.3 Å². The molecule has 2 heterocycles. The average molecular weight is 411 g/mol. The number of carbonyl (C=O) groups is 1. The number of carbonyl (C=O) groups excluding carboxylic acids is 1. The maximum atomic E-state index is 13.9. The molecule has 0 aromatic heterocycles. The molecule has 4 rings (SSSR count). The molecular formula is C21H22ClF3N2O. The molecule has 2 aromatic carbocycles. The van der Waals surface area contributed by atoms with Gasteiger partial charge in [0.1, 0.15) is 17.5 Å². The molecule has 0 saturated carbocycles. The lowest BCUT2D eigenvalue weighted by molar-refractivity contribution is 0.0826. The molecule has 0 radical (unpaired) electrons. The smallest absolute Gasteiger partial charge is 0.171 e. The molecular weight excluding hydrogens is 389 g/mol. The Labute approximate surface area is 168 Å². The van der Waals surface area contributed by atoms with Crippen molar-refractivity contribution in [3.63, 3.8) is 0 Å². The van der Waals surface area contributed by atoms with Gasteiger partial charge in [-0.1, -0.05) is 18.2 Å². The minimum Gasteiger partial charge on any atom is -0.384 e. The zero-order valence-electron chi connectivity index (χ0n) is 15.3. The second-order valence-electron chi connectivity index (χ2n) is 7.29. The van der Waals surface area contributed by atoms with E-state index in [-0.39, 0.29) is 12.4 Å². The number of likely N-dealkylation sites (tertiary alicyclic amines) is 1. The summed E-state index contributed by atoms with van der Waals surface area (Å²) in [5.41, 5.74) is 3.18. The molecule has 1 saturated heterocycles. The minimum absolute atomic E-state index is 0. The maximum absolute atomic E-state index is 13.9. The van der Waals surface area contributed by atoms with Gasteiger partial charge in [0.25, 0.3) is 0 Å². The number of nitrogens with one attached hydrogen (secondary N) is 1. The Morgan fingerprint density at radius 3 is 2.46 bits per heavy atom. The van der Waals surface area contributed by atoms with Crippen LogP contribution in [0.4, 0.5) is 18.9 Å². The van der Waals surface area contributed by atoms with Crippen molar-refractivity contribution in [1.82, 2.24) is 4.90 Å². The van der Waals surface area contributed by atoms with Gasteiger partial charge in [0.05, 0.1) is 5.56 Å². The highest BCUT2D eigenvalue weighted by Crippen LogP contribution is 2.30. The van der Waals surface area contributed by atoms with Gasteiger partial charge in [-0.05, 0) is 43.5 Å². The zero-order valence-corrected chi connectivity index (χ0v) is 16.1. The normalized spacial score (nSPS) is 17.0. The molecule has 0 unspecified atom stereocenters. The van der Waals surface area contributed by atoms with Crippen LogP contribution in [-0.2, 0) is 13.0 Å². The highest BCUT2D eigenvalue weighted by atomic mass is 35.5. The third-order valence-corrected chi connectivity index (χ3v) is 5.54. The third-order valence-electron chi connectivity index (χ3n) is 5.54. The summed E-state index contributed by atoms with van der Waals surface area (Å²) >= 11 is 0. The molecule has 2 aromatic rings. The first-order valence-corrected chi connectivity index (χ1v) is 9.28. The van der Waals surface area contributed by atoms with Gasteiger partial charge < -0.3 is 5.32 Å². The summed E-state index contributed by atoms with van der Waals surface area (Å²) in [4.78, 5) is 14.8. The fourth-order valence-electron chi connectivity index (χ4n) is 4.12. The van der Waals surface area contributed by atoms with E-state index < -0.39 is 34.7 Å². The molecule has 1 N–H and O–H groups in total. The molecule has 2 aliphatic rings. The van der Waals surface area contributed by atoms with Crippen molar-refractivity contribution in [3.8, 4) is 0 Å². The Bertz CT molecular complexity index is 859. The summed E-state index contributed by atoms with van der Waals surface area (Å²) in [6.45, 7) is 3.11. The molecule has 28 heavy (non-hydrogen) atoms. The van der Waals surface area contributed by atoms with Crippen molar-refractivity contribution in [3.05, 3.63) is 64.5 Å². The van der Waals surface area contributed by atoms with Crippen molar-refractivity contribution < 1.29 is 18.0 Å². The molecule has 0 aliphatic carbocycles. The fraction of sp³-hybridized carbons (Fsp3) is 0.381. The molecule has 0 bridgehead atoms. The SMILES string of the molecule is Cl.O=C(c1c(F)cc(F)cc1F)C1CCN(Cc2cccc3c2NCC3)CC1. The predicted octanol–water partition coefficient (Wildman–Crippen LogP) is 4.59. The van der Waals surface area contributed by atoms with Gasteiger partial charge >= 0.3 is 0 Å². The lowest BCUT2D eigenvalue weighted by Gasteiger charge is -2.31. The van der Waals surface area contributed by atoms with Crippen LogP contribution in [0.5, 0.6) is 0 Å². The number of anilines is 1. The number of piperidine rings is 1. The summed E-state index contributed by atoms with van der Waals surface area (Å²) in [6.07, 6.45) is 2.11. The second-order valence-corrected chi connectivity index (χ2v) is 7.29. The Kier molecular flexibility index (Phi) is 6.30. The summed E-state index contributed by atoms with van der Waals surface area (Å²) in [7, 11) is 0. The Hall–Kier alpha value is -2.05. The number of halogens is 4. The molecule has 150 valence electrons. The highest BCUT2D eigenvalue weighted by molar-refractivity contribution is 5.98. The number of rotatable bonds is 4. The van der Waals surface area contributed by atoms with Crippen molar-refractivity contribution in [2.24, 2.45) is 5.92 Å². The standard InChI is InChI=1S/C21H21F3N2O.ClH/c22-16-10-17(23)19(18(24)11-16)21(27)14-5-8-26(9-6-14)12-15-3-1-2-13-4-7-25-20(13)15;/h1-3,10-11,14,25H,4-9,12H2;1H. The lowest BCUT2D eigenvalue weighted by atomic mass is 9.88. The minimum atomic E-state index is -1.12. The van der Waals surface area contributed by atoms with E-state index in [1.807, 2.05) is 0 Å². The number of hydrogen-bond acceptors (Lipinski definition) is 3. The Morgan fingerprint density at radius 2 is 1.79 bits per heavy atom. The predicted molar refractivity (Wildman–Crippen MR) is 105 cm³/mol. The van der Waals surface area contributed by atoms with Crippen LogP contribution in [0.2, 0.25) is 0 Å². The molecule has 0 atom stereocenters. The Balaban J connectivity index is 0.00000225. The third kappa shape index (κ3) is 4.03. The largest absolute Gasteiger partial charge is 0.384 e. The summed E-state index contributed by atoms with van der Waals surface area (Å²) in [6, 6.07) is 7.44. The van der Waals surface area contributed by atoms with Crippen LogP contribution < -0.4 is 5.32 Å². The van der Waals surface area contributed by atoms with Gasteiger partial charge in [-0.25, -0.2) is 13.2 Å². The number of ketones is 1. The van der Waals surface area contributed by atoms with Crippen LogP contribution in [0.1, 0.15) is 34.3 Å². The number of benzene rings is 2. The van der Waals surface area contributed by atoms with Crippen LogP contribution in [0.15, 0.2) is 30.3 Å². The van der Waals surface area contributed by atoms with Gasteiger partial charge in [0.15, 0.2) is 5.78 Å². The topological polar surface area (TPSA) is 32.3 Å². The van der Waals surface area contributed by atoms with E-state index in [9.17, 15) is 18.0 Å². The van der Waals surface area contributed by atoms with Gasteiger partial charge in [0, 0.05) is 36.8 Å². The summed E-state index contributed by atoms with van der Waals surface area (Å²) in [5.74, 6) is -4.25. The van der Waals surface area contributed by atoms with Crippen molar-refractivity contribution in [2.75, 3.05) is 25.0 Å². The first kappa shape index (κ1) is 20.7. The van der Waals surface area contributed by atoms with Gasteiger partial charge in [-0.3, -0.25) is 9.69 Å². The number of Topliss-reactive ketones (excluding diaryl/α,β-unsaturated/α-hetero) is 1. The van der Waals surface area contributed by atoms with E-state index >= 15 is 0 Å². The van der Waals surface area contributed by atoms with E-state index in [0.717, 1.165) is 19.5 Å². The van der Waals surface area contributed by atoms with E-state index in [0.29, 0.717) is 38.1 Å². The van der Waals surface area contributed by atoms with Crippen LogP contribution in [0.3, 0.4) is 0 Å². The van der Waals surface area contributed by atoms with E-state index in [1.54, 1.807) is 0 Å². The first-order valence-electron chi connectivity index (χ1n) is 9.28. The van der Waals surface area contributed by atoms with E-state index in [1.165, 1.54) is 16.8 Å². The summed E-state index contributed by atoms with van der Waals surface area (Å²) < 4.78 is 40.8. The average Bonchev–Trinajstić information content (AvgIpc) is 3.11. The van der Waals surface area contributed by atoms with E-state index in [2.05, 4.69) is 28.4 Å². The monoisotopic (exact) mass is 410 g/mol. The van der Waals surface area contributed by atoms with Gasteiger partial charge in [-0.15, -0.1) is 12.4 Å². The Morgan fingerprint density at radius 1 is 1.11 bits per heavy atom. The number of hydrogen-bond donors (Lipinski definition) is 1. The molecule has 2 aliphatic heterocycles. The zero-order chi connectivity index (χ0) is 19.0. The number of para-hydroxylation sites is 1.